The molecular formula is C22H27N3O4. The van der Waals surface area contributed by atoms with Crippen molar-refractivity contribution < 1.29 is 13.9 Å². The number of amides is 1. The predicted molar refractivity (Wildman–Crippen MR) is 111 cm³/mol. The van der Waals surface area contributed by atoms with Crippen LogP contribution in [0.5, 0.6) is 5.75 Å². The average molecular weight is 397 g/mol. The van der Waals surface area contributed by atoms with E-state index in [9.17, 15) is 9.59 Å². The molecule has 2 heterocycles. The van der Waals surface area contributed by atoms with Gasteiger partial charge in [-0.3, -0.25) is 4.79 Å². The lowest BCUT2D eigenvalue weighted by Crippen LogP contribution is -2.37. The van der Waals surface area contributed by atoms with E-state index in [0.717, 1.165) is 42.3 Å². The monoisotopic (exact) mass is 397 g/mol. The second kappa shape index (κ2) is 9.41. The van der Waals surface area contributed by atoms with E-state index in [0.29, 0.717) is 17.9 Å². The summed E-state index contributed by atoms with van der Waals surface area (Å²) in [5.41, 5.74) is 1.84. The summed E-state index contributed by atoms with van der Waals surface area (Å²) in [6.07, 6.45) is 7.25. The van der Waals surface area contributed by atoms with Gasteiger partial charge >= 0.3 is 5.63 Å². The maximum Gasteiger partial charge on any atom is 0.336 e. The molecule has 0 aliphatic rings. The van der Waals surface area contributed by atoms with E-state index >= 15 is 0 Å². The lowest BCUT2D eigenvalue weighted by Gasteiger charge is -2.17. The molecule has 0 saturated heterocycles. The molecule has 0 aliphatic heterocycles. The molecule has 3 rings (SSSR count). The fraction of sp³-hybridized carbons (Fsp3) is 0.409. The van der Waals surface area contributed by atoms with Crippen LogP contribution in [0, 0.1) is 6.92 Å². The largest absolute Gasteiger partial charge is 0.480 e. The van der Waals surface area contributed by atoms with Crippen molar-refractivity contribution in [3.8, 4) is 5.75 Å². The van der Waals surface area contributed by atoms with E-state index in [1.165, 1.54) is 0 Å². The van der Waals surface area contributed by atoms with E-state index in [1.54, 1.807) is 25.5 Å². The Balaban J connectivity index is 1.64. The number of carbonyl (C=O) groups excluding carboxylic acids is 1. The van der Waals surface area contributed by atoms with Crippen molar-refractivity contribution in [2.45, 2.75) is 52.7 Å². The van der Waals surface area contributed by atoms with Gasteiger partial charge in [0.2, 0.25) is 0 Å². The molecule has 0 bridgehead atoms. The van der Waals surface area contributed by atoms with E-state index in [-0.39, 0.29) is 11.5 Å². The third-order valence-corrected chi connectivity index (χ3v) is 4.84. The van der Waals surface area contributed by atoms with E-state index in [1.807, 2.05) is 29.8 Å². The molecular weight excluding hydrogens is 370 g/mol. The number of aromatic nitrogens is 2. The minimum absolute atomic E-state index is 0.184. The summed E-state index contributed by atoms with van der Waals surface area (Å²) in [6, 6.07) is 5.27. The minimum Gasteiger partial charge on any atom is -0.480 e. The standard InChI is InChI=1S/C22H27N3O4/c1-4-6-17-13-20(26)29-21-15(2)19(8-7-18(17)21)28-16(3)22(27)24-9-5-11-25-12-10-23-14-25/h7-8,10,12-14,16H,4-6,9,11H2,1-3H3,(H,24,27). The summed E-state index contributed by atoms with van der Waals surface area (Å²) in [7, 11) is 0. The van der Waals surface area contributed by atoms with Crippen molar-refractivity contribution in [1.82, 2.24) is 14.9 Å². The highest BCUT2D eigenvalue weighted by Crippen LogP contribution is 2.29. The number of rotatable bonds is 9. The summed E-state index contributed by atoms with van der Waals surface area (Å²) in [5.74, 6) is 0.353. The summed E-state index contributed by atoms with van der Waals surface area (Å²) < 4.78 is 13.3. The van der Waals surface area contributed by atoms with Gasteiger partial charge in [-0.2, -0.15) is 0 Å². The third-order valence-electron chi connectivity index (χ3n) is 4.84. The number of benzene rings is 1. The number of imidazole rings is 1. The Kier molecular flexibility index (Phi) is 6.69. The van der Waals surface area contributed by atoms with Gasteiger partial charge in [0.1, 0.15) is 11.3 Å². The normalized spacial score (nSPS) is 12.1. The molecule has 0 spiro atoms. The Labute approximate surface area is 169 Å². The molecule has 1 unspecified atom stereocenters. The van der Waals surface area contributed by atoms with Gasteiger partial charge < -0.3 is 19.0 Å². The van der Waals surface area contributed by atoms with Crippen LogP contribution < -0.4 is 15.7 Å². The maximum absolute atomic E-state index is 12.3. The van der Waals surface area contributed by atoms with E-state index < -0.39 is 6.10 Å². The molecule has 0 aliphatic carbocycles. The number of hydrogen-bond acceptors (Lipinski definition) is 5. The van der Waals surface area contributed by atoms with Crippen molar-refractivity contribution in [1.29, 1.82) is 0 Å². The van der Waals surface area contributed by atoms with Crippen molar-refractivity contribution in [2.24, 2.45) is 0 Å². The third kappa shape index (κ3) is 5.04. The van der Waals surface area contributed by atoms with Gasteiger partial charge in [0, 0.05) is 42.5 Å². The molecule has 0 saturated carbocycles. The molecule has 7 heteroatoms. The zero-order valence-corrected chi connectivity index (χ0v) is 17.1. The molecule has 0 fully saturated rings. The van der Waals surface area contributed by atoms with Crippen LogP contribution in [0.1, 0.15) is 37.8 Å². The zero-order valence-electron chi connectivity index (χ0n) is 17.1. The fourth-order valence-corrected chi connectivity index (χ4v) is 3.29. The molecule has 1 amide bonds. The summed E-state index contributed by atoms with van der Waals surface area (Å²) in [4.78, 5) is 28.3. The lowest BCUT2D eigenvalue weighted by molar-refractivity contribution is -0.127. The van der Waals surface area contributed by atoms with Crippen LogP contribution >= 0.6 is 0 Å². The van der Waals surface area contributed by atoms with Crippen LogP contribution in [0.4, 0.5) is 0 Å². The minimum atomic E-state index is -0.662. The Morgan fingerprint density at radius 3 is 2.93 bits per heavy atom. The SMILES string of the molecule is CCCc1cc(=O)oc2c(C)c(OC(C)C(=O)NCCCn3ccnc3)ccc12. The number of aryl methyl sites for hydroxylation is 3. The van der Waals surface area contributed by atoms with Crippen molar-refractivity contribution in [3.05, 3.63) is 58.5 Å². The number of fused-ring (bicyclic) bond motifs is 1. The van der Waals surface area contributed by atoms with Gasteiger partial charge in [-0.25, -0.2) is 9.78 Å². The molecule has 1 aromatic carbocycles. The number of nitrogens with zero attached hydrogens (tertiary/aromatic N) is 2. The van der Waals surface area contributed by atoms with Crippen LogP contribution in [-0.4, -0.2) is 28.1 Å². The summed E-state index contributed by atoms with van der Waals surface area (Å²) in [6.45, 7) is 6.96. The second-order valence-electron chi connectivity index (χ2n) is 7.11. The van der Waals surface area contributed by atoms with Gasteiger partial charge in [-0.05, 0) is 44.4 Å². The Hall–Kier alpha value is -3.09. The number of carbonyl (C=O) groups is 1. The van der Waals surface area contributed by atoms with Crippen molar-refractivity contribution >= 4 is 16.9 Å². The second-order valence-corrected chi connectivity index (χ2v) is 7.11. The van der Waals surface area contributed by atoms with Gasteiger partial charge in [0.05, 0.1) is 6.33 Å². The Bertz CT molecular complexity index is 1020. The van der Waals surface area contributed by atoms with Crippen LogP contribution in [0.2, 0.25) is 0 Å². The number of ether oxygens (including phenoxy) is 1. The molecule has 154 valence electrons. The summed E-state index contributed by atoms with van der Waals surface area (Å²) >= 11 is 0. The molecule has 1 atom stereocenters. The first-order valence-corrected chi connectivity index (χ1v) is 9.96. The van der Waals surface area contributed by atoms with Crippen LogP contribution in [0.15, 0.2) is 46.1 Å². The Morgan fingerprint density at radius 2 is 2.21 bits per heavy atom. The quantitative estimate of drug-likeness (QED) is 0.443. The zero-order chi connectivity index (χ0) is 20.8. The van der Waals surface area contributed by atoms with Crippen molar-refractivity contribution in [2.75, 3.05) is 6.54 Å². The molecule has 1 N–H and O–H groups in total. The molecule has 29 heavy (non-hydrogen) atoms. The highest BCUT2D eigenvalue weighted by Gasteiger charge is 2.17. The van der Waals surface area contributed by atoms with E-state index in [4.69, 9.17) is 9.15 Å². The topological polar surface area (TPSA) is 86.4 Å². The number of hydrogen-bond donors (Lipinski definition) is 1. The maximum atomic E-state index is 12.3. The van der Waals surface area contributed by atoms with Crippen molar-refractivity contribution in [3.63, 3.8) is 0 Å². The average Bonchev–Trinajstić information content (AvgIpc) is 3.21. The van der Waals surface area contributed by atoms with Gasteiger partial charge in [-0.15, -0.1) is 0 Å². The highest BCUT2D eigenvalue weighted by molar-refractivity contribution is 5.85. The number of nitrogens with one attached hydrogen (secondary N) is 1. The summed E-state index contributed by atoms with van der Waals surface area (Å²) in [5, 5.41) is 3.80. The first kappa shape index (κ1) is 20.6. The first-order chi connectivity index (χ1) is 14.0. The Morgan fingerprint density at radius 1 is 1.38 bits per heavy atom. The first-order valence-electron chi connectivity index (χ1n) is 9.96. The van der Waals surface area contributed by atoms with E-state index in [2.05, 4.69) is 17.2 Å². The lowest BCUT2D eigenvalue weighted by atomic mass is 10.0. The predicted octanol–water partition coefficient (Wildman–Crippen LogP) is 3.22. The van der Waals surface area contributed by atoms with Gasteiger partial charge in [0.15, 0.2) is 6.10 Å². The van der Waals surface area contributed by atoms with Gasteiger partial charge in [0.25, 0.3) is 5.91 Å². The fourth-order valence-electron chi connectivity index (χ4n) is 3.29. The molecule has 3 aromatic rings. The molecule has 0 radical (unpaired) electrons. The van der Waals surface area contributed by atoms with Crippen LogP contribution in [0.25, 0.3) is 11.0 Å². The van der Waals surface area contributed by atoms with Crippen LogP contribution in [0.3, 0.4) is 0 Å². The molecule has 2 aromatic heterocycles. The van der Waals surface area contributed by atoms with Gasteiger partial charge in [-0.1, -0.05) is 13.3 Å². The van der Waals surface area contributed by atoms with Crippen LogP contribution in [-0.2, 0) is 17.8 Å². The molecule has 7 nitrogen and oxygen atoms in total. The highest BCUT2D eigenvalue weighted by atomic mass is 16.5. The smallest absolute Gasteiger partial charge is 0.336 e.